The van der Waals surface area contributed by atoms with E-state index in [9.17, 15) is 4.79 Å². The van der Waals surface area contributed by atoms with E-state index in [1.165, 1.54) is 0 Å². The first-order valence-corrected chi connectivity index (χ1v) is 7.83. The first-order chi connectivity index (χ1) is 11.3. The molecule has 7 nitrogen and oxygen atoms in total. The van der Waals surface area contributed by atoms with Gasteiger partial charge in [-0.25, -0.2) is 9.97 Å². The van der Waals surface area contributed by atoms with Crippen LogP contribution in [0.15, 0.2) is 47.9 Å². The van der Waals surface area contributed by atoms with Crippen molar-refractivity contribution in [3.8, 4) is 0 Å². The quantitative estimate of drug-likeness (QED) is 0.718. The van der Waals surface area contributed by atoms with Crippen molar-refractivity contribution in [2.45, 2.75) is 32.0 Å². The predicted molar refractivity (Wildman–Crippen MR) is 84.9 cm³/mol. The van der Waals surface area contributed by atoms with Gasteiger partial charge in [0.2, 0.25) is 0 Å². The molecule has 0 N–H and O–H groups in total. The zero-order chi connectivity index (χ0) is 15.6. The summed E-state index contributed by atoms with van der Waals surface area (Å²) in [6, 6.07) is 7.64. The maximum Gasteiger partial charge on any atom is 0.258 e. The van der Waals surface area contributed by atoms with E-state index < -0.39 is 0 Å². The lowest BCUT2D eigenvalue weighted by atomic mass is 10.2. The van der Waals surface area contributed by atoms with Gasteiger partial charge in [-0.1, -0.05) is 6.07 Å². The molecular formula is C16H18N6O. The van der Waals surface area contributed by atoms with Gasteiger partial charge < -0.3 is 0 Å². The van der Waals surface area contributed by atoms with E-state index in [1.54, 1.807) is 29.3 Å². The van der Waals surface area contributed by atoms with Gasteiger partial charge >= 0.3 is 0 Å². The molecule has 1 aliphatic rings. The Bertz CT molecular complexity index is 856. The molecular weight excluding hydrogens is 292 g/mol. The number of likely N-dealkylation sites (tertiary alicyclic amines) is 1. The highest BCUT2D eigenvalue weighted by Gasteiger charge is 2.25. The van der Waals surface area contributed by atoms with Gasteiger partial charge in [-0.05, 0) is 31.5 Å². The van der Waals surface area contributed by atoms with Gasteiger partial charge in [0.1, 0.15) is 18.3 Å². The molecule has 0 aromatic carbocycles. The summed E-state index contributed by atoms with van der Waals surface area (Å²) in [4.78, 5) is 23.2. The molecule has 0 bridgehead atoms. The second-order valence-corrected chi connectivity index (χ2v) is 5.90. The highest BCUT2D eigenvalue weighted by molar-refractivity contribution is 5.37. The molecule has 0 aliphatic carbocycles. The van der Waals surface area contributed by atoms with Crippen molar-refractivity contribution in [3.05, 3.63) is 59.2 Å². The van der Waals surface area contributed by atoms with E-state index in [1.807, 2.05) is 22.9 Å². The third kappa shape index (κ3) is 2.87. The lowest BCUT2D eigenvalue weighted by molar-refractivity contribution is 0.216. The summed E-state index contributed by atoms with van der Waals surface area (Å²) in [7, 11) is 0. The molecule has 1 unspecified atom stereocenters. The fraction of sp³-hybridized carbons (Fsp3) is 0.375. The number of rotatable bonds is 4. The Kier molecular flexibility index (Phi) is 3.63. The molecule has 118 valence electrons. The van der Waals surface area contributed by atoms with Crippen molar-refractivity contribution in [2.24, 2.45) is 0 Å². The Morgan fingerprint density at radius 3 is 3.13 bits per heavy atom. The van der Waals surface area contributed by atoms with Crippen LogP contribution < -0.4 is 5.56 Å². The molecule has 3 aromatic heterocycles. The third-order valence-electron chi connectivity index (χ3n) is 4.35. The molecule has 0 radical (unpaired) electrons. The molecule has 1 aliphatic heterocycles. The Labute approximate surface area is 133 Å². The maximum absolute atomic E-state index is 12.2. The van der Waals surface area contributed by atoms with Crippen LogP contribution in [-0.2, 0) is 13.1 Å². The molecule has 1 fully saturated rings. The fourth-order valence-electron chi connectivity index (χ4n) is 3.25. The van der Waals surface area contributed by atoms with Crippen LogP contribution in [0.2, 0.25) is 0 Å². The Balaban J connectivity index is 1.56. The summed E-state index contributed by atoms with van der Waals surface area (Å²) in [6.45, 7) is 2.54. The van der Waals surface area contributed by atoms with E-state index in [2.05, 4.69) is 20.0 Å². The number of hydrogen-bond donors (Lipinski definition) is 0. The third-order valence-corrected chi connectivity index (χ3v) is 4.35. The van der Waals surface area contributed by atoms with Gasteiger partial charge in [-0.15, -0.1) is 0 Å². The molecule has 0 saturated carbocycles. The summed E-state index contributed by atoms with van der Waals surface area (Å²) in [5.41, 5.74) is 1.49. The van der Waals surface area contributed by atoms with Crippen molar-refractivity contribution >= 4 is 5.65 Å². The Morgan fingerprint density at radius 1 is 1.30 bits per heavy atom. The summed E-state index contributed by atoms with van der Waals surface area (Å²) >= 11 is 0. The van der Waals surface area contributed by atoms with Gasteiger partial charge in [-0.2, -0.15) is 5.10 Å². The van der Waals surface area contributed by atoms with E-state index in [0.717, 1.165) is 31.6 Å². The summed E-state index contributed by atoms with van der Waals surface area (Å²) < 4.78 is 3.44. The minimum atomic E-state index is -0.0300. The monoisotopic (exact) mass is 310 g/mol. The number of fused-ring (bicyclic) bond motifs is 1. The number of aromatic nitrogens is 5. The van der Waals surface area contributed by atoms with Gasteiger partial charge in [-0.3, -0.25) is 18.8 Å². The van der Waals surface area contributed by atoms with Crippen LogP contribution in [0, 0.1) is 0 Å². The van der Waals surface area contributed by atoms with Crippen LogP contribution in [0.5, 0.6) is 0 Å². The average Bonchev–Trinajstić information content (AvgIpc) is 3.21. The smallest absolute Gasteiger partial charge is 0.258 e. The van der Waals surface area contributed by atoms with Crippen LogP contribution in [0.1, 0.15) is 18.5 Å². The van der Waals surface area contributed by atoms with Crippen molar-refractivity contribution < 1.29 is 0 Å². The highest BCUT2D eigenvalue weighted by atomic mass is 16.1. The van der Waals surface area contributed by atoms with Crippen molar-refractivity contribution in [2.75, 3.05) is 6.54 Å². The van der Waals surface area contributed by atoms with Crippen LogP contribution in [0.4, 0.5) is 0 Å². The number of nitrogens with zero attached hydrogens (tertiary/aromatic N) is 6. The zero-order valence-corrected chi connectivity index (χ0v) is 12.7. The number of pyridine rings is 1. The molecule has 3 aromatic rings. The normalized spacial score (nSPS) is 18.7. The van der Waals surface area contributed by atoms with Gasteiger partial charge in [0, 0.05) is 24.8 Å². The highest BCUT2D eigenvalue weighted by Crippen LogP contribution is 2.20. The van der Waals surface area contributed by atoms with E-state index in [0.29, 0.717) is 18.2 Å². The SMILES string of the molecule is O=c1cc(CN2CCCC2Cn2cncn2)nc2ccccn12. The first kappa shape index (κ1) is 14.1. The van der Waals surface area contributed by atoms with Gasteiger partial charge in [0.05, 0.1) is 12.2 Å². The standard InChI is InChI=1S/C16H18N6O/c23-16-8-13(19-15-5-1-2-7-22(15)16)9-20-6-3-4-14(20)10-21-12-17-11-18-21/h1-2,5,7-8,11-12,14H,3-4,6,9-10H2. The molecule has 23 heavy (non-hydrogen) atoms. The Morgan fingerprint density at radius 2 is 2.26 bits per heavy atom. The van der Waals surface area contributed by atoms with Crippen LogP contribution >= 0.6 is 0 Å². The van der Waals surface area contributed by atoms with E-state index in [4.69, 9.17) is 0 Å². The van der Waals surface area contributed by atoms with Gasteiger partial charge in [0.25, 0.3) is 5.56 Å². The minimum Gasteiger partial charge on any atom is -0.293 e. The number of hydrogen-bond acceptors (Lipinski definition) is 5. The molecule has 1 saturated heterocycles. The molecule has 4 rings (SSSR count). The fourth-order valence-corrected chi connectivity index (χ4v) is 3.25. The van der Waals surface area contributed by atoms with Crippen LogP contribution in [0.3, 0.4) is 0 Å². The van der Waals surface area contributed by atoms with Gasteiger partial charge in [0.15, 0.2) is 0 Å². The zero-order valence-electron chi connectivity index (χ0n) is 12.7. The summed E-state index contributed by atoms with van der Waals surface area (Å²) in [5.74, 6) is 0. The molecule has 0 amide bonds. The second kappa shape index (κ2) is 5.92. The molecule has 1 atom stereocenters. The topological polar surface area (TPSA) is 68.3 Å². The molecule has 7 heteroatoms. The second-order valence-electron chi connectivity index (χ2n) is 5.90. The lowest BCUT2D eigenvalue weighted by Gasteiger charge is -2.23. The van der Waals surface area contributed by atoms with Crippen LogP contribution in [0.25, 0.3) is 5.65 Å². The first-order valence-electron chi connectivity index (χ1n) is 7.83. The minimum absolute atomic E-state index is 0.0300. The Hall–Kier alpha value is -2.54. The van der Waals surface area contributed by atoms with Crippen LogP contribution in [-0.4, -0.2) is 41.6 Å². The van der Waals surface area contributed by atoms with Crippen molar-refractivity contribution in [1.82, 2.24) is 29.0 Å². The van der Waals surface area contributed by atoms with E-state index >= 15 is 0 Å². The van der Waals surface area contributed by atoms with Crippen molar-refractivity contribution in [3.63, 3.8) is 0 Å². The van der Waals surface area contributed by atoms with E-state index in [-0.39, 0.29) is 5.56 Å². The van der Waals surface area contributed by atoms with Crippen molar-refractivity contribution in [1.29, 1.82) is 0 Å². The molecule has 4 heterocycles. The largest absolute Gasteiger partial charge is 0.293 e. The lowest BCUT2D eigenvalue weighted by Crippen LogP contribution is -2.33. The summed E-state index contributed by atoms with van der Waals surface area (Å²) in [6.07, 6.45) is 7.35. The molecule has 0 spiro atoms. The average molecular weight is 310 g/mol. The summed E-state index contributed by atoms with van der Waals surface area (Å²) in [5, 5.41) is 4.19. The predicted octanol–water partition coefficient (Wildman–Crippen LogP) is 0.951. The maximum atomic E-state index is 12.2.